The molecule has 1 saturated heterocycles. The maximum atomic E-state index is 14.3. The summed E-state index contributed by atoms with van der Waals surface area (Å²) in [4.78, 5) is 4.14. The van der Waals surface area contributed by atoms with E-state index in [4.69, 9.17) is 11.5 Å². The van der Waals surface area contributed by atoms with E-state index in [1.54, 1.807) is 0 Å². The SMILES string of the molecule is C[C@@]12CC[C@@H]([C@](CF)(c3cc(N)ccc3F)N=C1N)S2(=O)=O. The molecule has 2 bridgehead atoms. The molecule has 0 spiro atoms. The summed E-state index contributed by atoms with van der Waals surface area (Å²) in [7, 11) is -3.78. The molecule has 1 fully saturated rings. The van der Waals surface area contributed by atoms with Crippen molar-refractivity contribution in [2.24, 2.45) is 10.7 Å². The lowest BCUT2D eigenvalue weighted by atomic mass is 9.86. The lowest BCUT2D eigenvalue weighted by Gasteiger charge is -2.40. The molecule has 0 aliphatic carbocycles. The molecule has 0 aromatic heterocycles. The molecule has 2 aliphatic rings. The second kappa shape index (κ2) is 4.41. The number of alkyl halides is 1. The molecule has 22 heavy (non-hydrogen) atoms. The van der Waals surface area contributed by atoms with Crippen LogP contribution in [0.15, 0.2) is 23.2 Å². The van der Waals surface area contributed by atoms with Crippen molar-refractivity contribution in [3.63, 3.8) is 0 Å². The number of aliphatic imine (C=N–C) groups is 1. The Morgan fingerprint density at radius 3 is 2.73 bits per heavy atom. The van der Waals surface area contributed by atoms with Gasteiger partial charge in [0.25, 0.3) is 0 Å². The van der Waals surface area contributed by atoms with Crippen molar-refractivity contribution >= 4 is 21.4 Å². The van der Waals surface area contributed by atoms with Gasteiger partial charge in [0.1, 0.15) is 28.6 Å². The number of halogens is 2. The number of hydrogen-bond donors (Lipinski definition) is 2. The number of nitrogens with zero attached hydrogens (tertiary/aromatic N) is 1. The Bertz CT molecular complexity index is 780. The Kier molecular flexibility index (Phi) is 3.05. The summed E-state index contributed by atoms with van der Waals surface area (Å²) in [6.07, 6.45) is 0.433. The summed E-state index contributed by atoms with van der Waals surface area (Å²) in [5.74, 6) is -0.908. The molecule has 120 valence electrons. The van der Waals surface area contributed by atoms with Crippen molar-refractivity contribution < 1.29 is 17.2 Å². The minimum atomic E-state index is -3.78. The average Bonchev–Trinajstić information content (AvgIpc) is 2.63. The van der Waals surface area contributed by atoms with Gasteiger partial charge >= 0.3 is 0 Å². The Balaban J connectivity index is 2.34. The monoisotopic (exact) mass is 329 g/mol. The van der Waals surface area contributed by atoms with Crippen LogP contribution in [-0.2, 0) is 15.4 Å². The van der Waals surface area contributed by atoms with Crippen molar-refractivity contribution in [2.45, 2.75) is 35.3 Å². The summed E-state index contributed by atoms with van der Waals surface area (Å²) in [5.41, 5.74) is 9.70. The van der Waals surface area contributed by atoms with Gasteiger partial charge in [-0.05, 0) is 38.0 Å². The van der Waals surface area contributed by atoms with Gasteiger partial charge in [-0.25, -0.2) is 17.2 Å². The van der Waals surface area contributed by atoms with Gasteiger partial charge in [-0.15, -0.1) is 0 Å². The van der Waals surface area contributed by atoms with E-state index in [0.717, 1.165) is 6.07 Å². The molecular weight excluding hydrogens is 312 g/mol. The summed E-state index contributed by atoms with van der Waals surface area (Å²) in [6.45, 7) is 0.326. The predicted molar refractivity (Wildman–Crippen MR) is 80.4 cm³/mol. The van der Waals surface area contributed by atoms with Crippen molar-refractivity contribution in [1.29, 1.82) is 0 Å². The van der Waals surface area contributed by atoms with Crippen LogP contribution in [0.25, 0.3) is 0 Å². The van der Waals surface area contributed by atoms with Crippen molar-refractivity contribution in [1.82, 2.24) is 0 Å². The molecule has 1 aromatic carbocycles. The zero-order valence-corrected chi connectivity index (χ0v) is 12.8. The number of anilines is 1. The molecule has 3 rings (SSSR count). The third kappa shape index (κ3) is 1.61. The molecule has 8 heteroatoms. The smallest absolute Gasteiger partial charge is 0.168 e. The normalized spacial score (nSPS) is 36.1. The minimum absolute atomic E-state index is 0.157. The first-order valence-electron chi connectivity index (χ1n) is 6.90. The maximum absolute atomic E-state index is 14.3. The van der Waals surface area contributed by atoms with E-state index in [0.29, 0.717) is 0 Å². The van der Waals surface area contributed by atoms with Gasteiger partial charge in [-0.2, -0.15) is 0 Å². The zero-order valence-electron chi connectivity index (χ0n) is 12.0. The Hall–Kier alpha value is -1.70. The highest BCUT2D eigenvalue weighted by Gasteiger charge is 2.65. The first-order chi connectivity index (χ1) is 10.2. The first-order valence-corrected chi connectivity index (χ1v) is 8.44. The third-order valence-electron chi connectivity index (χ3n) is 4.94. The summed E-state index contributed by atoms with van der Waals surface area (Å²) in [5, 5.41) is -1.14. The molecule has 0 saturated carbocycles. The predicted octanol–water partition coefficient (Wildman–Crippen LogP) is 1.28. The first kappa shape index (κ1) is 15.2. The third-order valence-corrected chi connectivity index (χ3v) is 7.99. The number of rotatable bonds is 2. The topological polar surface area (TPSA) is 98.5 Å². The van der Waals surface area contributed by atoms with Crippen LogP contribution in [0.3, 0.4) is 0 Å². The highest BCUT2D eigenvalue weighted by atomic mass is 32.2. The average molecular weight is 329 g/mol. The molecule has 4 N–H and O–H groups in total. The number of hydrogen-bond acceptors (Lipinski definition) is 5. The number of amidine groups is 1. The molecule has 2 aliphatic heterocycles. The lowest BCUT2D eigenvalue weighted by molar-refractivity contribution is 0.289. The molecule has 0 unspecified atom stereocenters. The van der Waals surface area contributed by atoms with Crippen molar-refractivity contribution in [2.75, 3.05) is 12.4 Å². The van der Waals surface area contributed by atoms with Gasteiger partial charge < -0.3 is 11.5 Å². The van der Waals surface area contributed by atoms with Gasteiger partial charge in [0.2, 0.25) is 0 Å². The molecular formula is C14H17F2N3O2S. The zero-order chi connectivity index (χ0) is 16.3. The molecule has 5 nitrogen and oxygen atoms in total. The van der Waals surface area contributed by atoms with Crippen molar-refractivity contribution in [3.8, 4) is 0 Å². The van der Waals surface area contributed by atoms with Gasteiger partial charge in [-0.3, -0.25) is 4.99 Å². The molecule has 0 amide bonds. The summed E-state index contributed by atoms with van der Waals surface area (Å²) in [6, 6.07) is 3.65. The second-order valence-corrected chi connectivity index (χ2v) is 8.66. The van der Waals surface area contributed by atoms with E-state index in [2.05, 4.69) is 4.99 Å². The van der Waals surface area contributed by atoms with Crippen LogP contribution in [0.2, 0.25) is 0 Å². The van der Waals surface area contributed by atoms with E-state index in [9.17, 15) is 17.2 Å². The van der Waals surface area contributed by atoms with E-state index in [1.807, 2.05) is 0 Å². The van der Waals surface area contributed by atoms with E-state index in [-0.39, 0.29) is 29.9 Å². The van der Waals surface area contributed by atoms with Crippen LogP contribution < -0.4 is 11.5 Å². The van der Waals surface area contributed by atoms with Gasteiger partial charge in [0.05, 0.1) is 5.25 Å². The van der Waals surface area contributed by atoms with Crippen LogP contribution in [0.4, 0.5) is 14.5 Å². The fraction of sp³-hybridized carbons (Fsp3) is 0.500. The fourth-order valence-electron chi connectivity index (χ4n) is 3.49. The maximum Gasteiger partial charge on any atom is 0.168 e. The second-order valence-electron chi connectivity index (χ2n) is 6.10. The molecule has 0 radical (unpaired) electrons. The number of benzene rings is 1. The molecule has 2 heterocycles. The van der Waals surface area contributed by atoms with Crippen LogP contribution in [0.5, 0.6) is 0 Å². The standard InChI is InChI=1S/C14H17F2N3O2S/c1-13-5-4-11(22(13,20)21)14(7-15,19-12(13)18)9-6-8(17)2-3-10(9)16/h2-3,6,11H,4-5,7,17H2,1H3,(H2,18,19)/t11-,13+,14-/m0/s1. The van der Waals surface area contributed by atoms with Gasteiger partial charge in [0.15, 0.2) is 9.84 Å². The van der Waals surface area contributed by atoms with E-state index < -0.39 is 37.9 Å². The van der Waals surface area contributed by atoms with E-state index in [1.165, 1.54) is 19.1 Å². The van der Waals surface area contributed by atoms with Gasteiger partial charge in [-0.1, -0.05) is 0 Å². The lowest BCUT2D eigenvalue weighted by Crippen LogP contribution is -2.57. The Labute approximate surface area is 127 Å². The Morgan fingerprint density at radius 2 is 2.09 bits per heavy atom. The largest absolute Gasteiger partial charge is 0.399 e. The summed E-state index contributed by atoms with van der Waals surface area (Å²) < 4.78 is 52.5. The number of nitrogens with two attached hydrogens (primary N) is 2. The van der Waals surface area contributed by atoms with Gasteiger partial charge in [0, 0.05) is 11.3 Å². The van der Waals surface area contributed by atoms with Crippen LogP contribution in [0.1, 0.15) is 25.3 Å². The van der Waals surface area contributed by atoms with Crippen molar-refractivity contribution in [3.05, 3.63) is 29.6 Å². The number of sulfone groups is 1. The molecule has 3 atom stereocenters. The van der Waals surface area contributed by atoms with E-state index >= 15 is 0 Å². The molecule has 1 aromatic rings. The fourth-order valence-corrected chi connectivity index (χ4v) is 6.04. The highest BCUT2D eigenvalue weighted by Crippen LogP contribution is 2.51. The summed E-state index contributed by atoms with van der Waals surface area (Å²) >= 11 is 0. The van der Waals surface area contributed by atoms with Crippen LogP contribution >= 0.6 is 0 Å². The Morgan fingerprint density at radius 1 is 1.41 bits per heavy atom. The highest BCUT2D eigenvalue weighted by molar-refractivity contribution is 7.94. The minimum Gasteiger partial charge on any atom is -0.399 e. The van der Waals surface area contributed by atoms with Crippen LogP contribution in [0, 0.1) is 5.82 Å². The quantitative estimate of drug-likeness (QED) is 0.799. The van der Waals surface area contributed by atoms with Crippen LogP contribution in [-0.4, -0.2) is 30.9 Å². The number of nitrogen functional groups attached to an aromatic ring is 1. The number of fused-ring (bicyclic) bond motifs is 2.